The van der Waals surface area contributed by atoms with Gasteiger partial charge in [0.25, 0.3) is 5.91 Å². The van der Waals surface area contributed by atoms with Crippen molar-refractivity contribution in [1.82, 2.24) is 15.1 Å². The summed E-state index contributed by atoms with van der Waals surface area (Å²) in [5, 5.41) is 6.60. The van der Waals surface area contributed by atoms with Crippen molar-refractivity contribution < 1.29 is 22.4 Å². The fraction of sp³-hybridized carbons (Fsp3) is 0.227. The first kappa shape index (κ1) is 20.8. The lowest BCUT2D eigenvalue weighted by Crippen LogP contribution is -2.34. The van der Waals surface area contributed by atoms with Gasteiger partial charge < -0.3 is 5.32 Å². The van der Waals surface area contributed by atoms with Gasteiger partial charge in [-0.1, -0.05) is 24.3 Å². The zero-order valence-corrected chi connectivity index (χ0v) is 16.3. The van der Waals surface area contributed by atoms with Crippen LogP contribution in [0.3, 0.4) is 0 Å². The van der Waals surface area contributed by atoms with E-state index in [4.69, 9.17) is 0 Å². The Morgan fingerprint density at radius 2 is 1.87 bits per heavy atom. The number of nitrogens with zero attached hydrogens (tertiary/aromatic N) is 2. The van der Waals surface area contributed by atoms with E-state index in [1.165, 1.54) is 37.3 Å². The van der Waals surface area contributed by atoms with E-state index in [-0.39, 0.29) is 29.2 Å². The van der Waals surface area contributed by atoms with Gasteiger partial charge in [0.05, 0.1) is 11.3 Å². The monoisotopic (exact) mass is 431 g/mol. The molecule has 1 heterocycles. The molecule has 1 amide bonds. The van der Waals surface area contributed by atoms with Crippen LogP contribution in [-0.2, 0) is 6.18 Å². The van der Waals surface area contributed by atoms with E-state index < -0.39 is 28.8 Å². The van der Waals surface area contributed by atoms with Gasteiger partial charge in [-0.05, 0) is 43.2 Å². The van der Waals surface area contributed by atoms with Gasteiger partial charge in [0.2, 0.25) is 5.43 Å². The van der Waals surface area contributed by atoms with Crippen LogP contribution < -0.4 is 10.7 Å². The molecule has 3 aromatic rings. The van der Waals surface area contributed by atoms with E-state index in [9.17, 15) is 27.2 Å². The molecule has 0 unspecified atom stereocenters. The standard InChI is InChI=1S/C22H17F4N3O2/c1-12-9-19(30)20(28-29(12)18-8-3-2-7-16(18)22(24,25)26)21(31)27-17-11-15(17)13-5-4-6-14(23)10-13/h2-10,15,17H,11H2,1H3,(H,27,31)/t15-,17-/m1/s1. The summed E-state index contributed by atoms with van der Waals surface area (Å²) in [6, 6.07) is 11.6. The van der Waals surface area contributed by atoms with Crippen LogP contribution >= 0.6 is 0 Å². The molecule has 1 N–H and O–H groups in total. The van der Waals surface area contributed by atoms with Crippen LogP contribution in [0.1, 0.15) is 39.6 Å². The Kier molecular flexibility index (Phi) is 5.12. The topological polar surface area (TPSA) is 64.0 Å². The highest BCUT2D eigenvalue weighted by Gasteiger charge is 2.40. The van der Waals surface area contributed by atoms with Gasteiger partial charge in [-0.2, -0.15) is 18.3 Å². The summed E-state index contributed by atoms with van der Waals surface area (Å²) < 4.78 is 54.6. The smallest absolute Gasteiger partial charge is 0.347 e. The minimum absolute atomic E-state index is 0.0988. The summed E-state index contributed by atoms with van der Waals surface area (Å²) in [6.45, 7) is 1.43. The van der Waals surface area contributed by atoms with Crippen molar-refractivity contribution in [2.45, 2.75) is 31.5 Å². The molecule has 0 radical (unpaired) electrons. The van der Waals surface area contributed by atoms with Crippen LogP contribution in [0.15, 0.2) is 59.4 Å². The predicted molar refractivity (Wildman–Crippen MR) is 105 cm³/mol. The first-order valence-corrected chi connectivity index (χ1v) is 9.49. The van der Waals surface area contributed by atoms with E-state index in [0.29, 0.717) is 6.42 Å². The molecule has 2 atom stereocenters. The Hall–Kier alpha value is -3.49. The fourth-order valence-electron chi connectivity index (χ4n) is 3.54. The van der Waals surface area contributed by atoms with E-state index >= 15 is 0 Å². The fourth-order valence-corrected chi connectivity index (χ4v) is 3.54. The number of carbonyl (C=O) groups is 1. The molecule has 1 fully saturated rings. The molecule has 1 aliphatic carbocycles. The lowest BCUT2D eigenvalue weighted by molar-refractivity contribution is -0.137. The third-order valence-electron chi connectivity index (χ3n) is 5.14. The number of nitrogens with one attached hydrogen (secondary N) is 1. The van der Waals surface area contributed by atoms with Crippen LogP contribution in [0.2, 0.25) is 0 Å². The van der Waals surface area contributed by atoms with Crippen LogP contribution in [0.5, 0.6) is 0 Å². The molecule has 160 valence electrons. The molecule has 0 bridgehead atoms. The largest absolute Gasteiger partial charge is 0.418 e. The number of aromatic nitrogens is 2. The Bertz CT molecular complexity index is 1220. The highest BCUT2D eigenvalue weighted by molar-refractivity contribution is 5.92. The van der Waals surface area contributed by atoms with Gasteiger partial charge in [0.1, 0.15) is 5.82 Å². The quantitative estimate of drug-likeness (QED) is 0.636. The second kappa shape index (κ2) is 7.64. The average Bonchev–Trinajstić information content (AvgIpc) is 3.46. The number of hydrogen-bond donors (Lipinski definition) is 1. The third kappa shape index (κ3) is 4.21. The zero-order chi connectivity index (χ0) is 22.3. The number of halogens is 4. The van der Waals surface area contributed by atoms with Gasteiger partial charge in [-0.25, -0.2) is 9.07 Å². The Morgan fingerprint density at radius 1 is 1.13 bits per heavy atom. The van der Waals surface area contributed by atoms with Crippen LogP contribution in [0.4, 0.5) is 17.6 Å². The van der Waals surface area contributed by atoms with Crippen LogP contribution in [-0.4, -0.2) is 21.7 Å². The van der Waals surface area contributed by atoms with Crippen molar-refractivity contribution >= 4 is 5.91 Å². The van der Waals surface area contributed by atoms with Crippen molar-refractivity contribution in [2.75, 3.05) is 0 Å². The lowest BCUT2D eigenvalue weighted by atomic mass is 10.1. The first-order valence-electron chi connectivity index (χ1n) is 9.49. The van der Waals surface area contributed by atoms with Gasteiger partial charge >= 0.3 is 6.18 Å². The number of hydrogen-bond acceptors (Lipinski definition) is 3. The van der Waals surface area contributed by atoms with Crippen LogP contribution in [0, 0.1) is 12.7 Å². The maximum Gasteiger partial charge on any atom is 0.418 e. The summed E-state index contributed by atoms with van der Waals surface area (Å²) in [6.07, 6.45) is -4.07. The number of carbonyl (C=O) groups excluding carboxylic acids is 1. The molecule has 9 heteroatoms. The van der Waals surface area contributed by atoms with E-state index in [2.05, 4.69) is 10.4 Å². The van der Waals surface area contributed by atoms with Gasteiger partial charge in [-0.3, -0.25) is 9.59 Å². The normalized spacial score (nSPS) is 18.0. The highest BCUT2D eigenvalue weighted by Crippen LogP contribution is 2.41. The Balaban J connectivity index is 1.62. The molecule has 0 spiro atoms. The Morgan fingerprint density at radius 3 is 2.58 bits per heavy atom. The second-order valence-electron chi connectivity index (χ2n) is 7.40. The first-order chi connectivity index (χ1) is 14.6. The van der Waals surface area contributed by atoms with Crippen molar-refractivity contribution in [3.8, 4) is 5.69 Å². The van der Waals surface area contributed by atoms with Gasteiger partial charge in [0.15, 0.2) is 5.69 Å². The number of aryl methyl sites for hydroxylation is 1. The van der Waals surface area contributed by atoms with E-state index in [1.54, 1.807) is 12.1 Å². The molecule has 1 aliphatic rings. The lowest BCUT2D eigenvalue weighted by Gasteiger charge is -2.16. The summed E-state index contributed by atoms with van der Waals surface area (Å²) >= 11 is 0. The van der Waals surface area contributed by atoms with E-state index in [0.717, 1.165) is 22.4 Å². The zero-order valence-electron chi connectivity index (χ0n) is 16.3. The maximum atomic E-state index is 13.4. The third-order valence-corrected chi connectivity index (χ3v) is 5.14. The second-order valence-corrected chi connectivity index (χ2v) is 7.40. The molecule has 0 aliphatic heterocycles. The van der Waals surface area contributed by atoms with Crippen molar-refractivity contribution in [3.63, 3.8) is 0 Å². The minimum atomic E-state index is -4.64. The summed E-state index contributed by atoms with van der Waals surface area (Å²) in [5.74, 6) is -1.27. The molecule has 1 saturated carbocycles. The molecule has 1 aromatic heterocycles. The maximum absolute atomic E-state index is 13.4. The highest BCUT2D eigenvalue weighted by atomic mass is 19.4. The van der Waals surface area contributed by atoms with Gasteiger partial charge in [0, 0.05) is 23.7 Å². The van der Waals surface area contributed by atoms with Crippen LogP contribution in [0.25, 0.3) is 5.69 Å². The molecule has 5 nitrogen and oxygen atoms in total. The molecular weight excluding hydrogens is 414 g/mol. The predicted octanol–water partition coefficient (Wildman–Crippen LogP) is 3.98. The minimum Gasteiger partial charge on any atom is -0.347 e. The number of amides is 1. The SMILES string of the molecule is Cc1cc(=O)c(C(=O)N[C@@H]2C[C@@H]2c2cccc(F)c2)nn1-c1ccccc1C(F)(F)F. The van der Waals surface area contributed by atoms with Crippen molar-refractivity contribution in [1.29, 1.82) is 0 Å². The number of para-hydroxylation sites is 1. The molecule has 0 saturated heterocycles. The summed E-state index contributed by atoms with van der Waals surface area (Å²) in [4.78, 5) is 25.0. The summed E-state index contributed by atoms with van der Waals surface area (Å²) in [7, 11) is 0. The molecule has 2 aromatic carbocycles. The number of rotatable bonds is 4. The van der Waals surface area contributed by atoms with E-state index in [1.807, 2.05) is 0 Å². The Labute approximate surface area is 174 Å². The molecule has 4 rings (SSSR count). The summed E-state index contributed by atoms with van der Waals surface area (Å²) in [5.41, 5.74) is -1.55. The molecular formula is C22H17F4N3O2. The number of alkyl halides is 3. The number of benzene rings is 2. The van der Waals surface area contributed by atoms with Crippen molar-refractivity contribution in [3.05, 3.63) is 93.2 Å². The molecule has 31 heavy (non-hydrogen) atoms. The van der Waals surface area contributed by atoms with Gasteiger partial charge in [-0.15, -0.1) is 0 Å². The average molecular weight is 431 g/mol. The van der Waals surface area contributed by atoms with Crippen molar-refractivity contribution in [2.24, 2.45) is 0 Å².